The number of amides is 1. The summed E-state index contributed by atoms with van der Waals surface area (Å²) in [6.45, 7) is 1.95. The fraction of sp³-hybridized carbons (Fsp3) is 0.562. The summed E-state index contributed by atoms with van der Waals surface area (Å²) < 4.78 is 0.552. The van der Waals surface area contributed by atoms with Crippen LogP contribution in [0.15, 0.2) is 30.3 Å². The SMILES string of the molecule is CC(C(=O)Nc1ccccc1)[N+](C)(C)[C@H]1CCC(Cl)[C@@H]1Cl. The number of para-hydroxylation sites is 1. The largest absolute Gasteiger partial charge is 0.321 e. The Morgan fingerprint density at radius 2 is 1.86 bits per heavy atom. The number of carbonyl (C=O) groups excluding carboxylic acids is 1. The van der Waals surface area contributed by atoms with Crippen LogP contribution in [0.4, 0.5) is 5.69 Å². The molecule has 2 unspecified atom stereocenters. The van der Waals surface area contributed by atoms with Crippen LogP contribution in [0, 0.1) is 0 Å². The van der Waals surface area contributed by atoms with Gasteiger partial charge in [-0.2, -0.15) is 0 Å². The van der Waals surface area contributed by atoms with Crippen molar-refractivity contribution in [2.24, 2.45) is 0 Å². The van der Waals surface area contributed by atoms with Crippen LogP contribution in [-0.4, -0.2) is 47.3 Å². The van der Waals surface area contributed by atoms with E-state index in [1.165, 1.54) is 0 Å². The average Bonchev–Trinajstić information content (AvgIpc) is 2.79. The predicted molar refractivity (Wildman–Crippen MR) is 88.9 cm³/mol. The van der Waals surface area contributed by atoms with Crippen LogP contribution in [0.1, 0.15) is 19.8 Å². The number of likely N-dealkylation sites (N-methyl/N-ethyl adjacent to an activating group) is 1. The first-order valence-electron chi connectivity index (χ1n) is 7.31. The topological polar surface area (TPSA) is 29.1 Å². The van der Waals surface area contributed by atoms with E-state index in [-0.39, 0.29) is 28.7 Å². The van der Waals surface area contributed by atoms with Gasteiger partial charge < -0.3 is 9.80 Å². The molecular formula is C16H23Cl2N2O+. The molecule has 1 aliphatic carbocycles. The second-order valence-corrected chi connectivity index (χ2v) is 7.33. The van der Waals surface area contributed by atoms with Gasteiger partial charge in [0.1, 0.15) is 11.4 Å². The molecule has 0 aromatic heterocycles. The van der Waals surface area contributed by atoms with Gasteiger partial charge in [0.05, 0.1) is 19.5 Å². The van der Waals surface area contributed by atoms with Gasteiger partial charge in [-0.25, -0.2) is 0 Å². The Hall–Kier alpha value is -0.770. The Bertz CT molecular complexity index is 492. The number of nitrogens with zero attached hydrogens (tertiary/aromatic N) is 1. The van der Waals surface area contributed by atoms with Crippen LogP contribution in [0.2, 0.25) is 0 Å². The molecule has 1 aromatic rings. The van der Waals surface area contributed by atoms with Crippen molar-refractivity contribution >= 4 is 34.8 Å². The summed E-state index contributed by atoms with van der Waals surface area (Å²) in [5, 5.41) is 2.88. The molecule has 3 nitrogen and oxygen atoms in total. The molecule has 0 spiro atoms. The van der Waals surface area contributed by atoms with Gasteiger partial charge in [-0.05, 0) is 25.5 Å². The van der Waals surface area contributed by atoms with E-state index < -0.39 is 0 Å². The fourth-order valence-electron chi connectivity index (χ4n) is 2.95. The monoisotopic (exact) mass is 329 g/mol. The minimum absolute atomic E-state index is 0.00143. The maximum atomic E-state index is 12.5. The molecule has 116 valence electrons. The highest BCUT2D eigenvalue weighted by atomic mass is 35.5. The van der Waals surface area contributed by atoms with Crippen LogP contribution < -0.4 is 5.32 Å². The molecule has 1 aliphatic rings. The molecule has 2 rings (SSSR count). The maximum Gasteiger partial charge on any atom is 0.282 e. The van der Waals surface area contributed by atoms with E-state index in [4.69, 9.17) is 23.2 Å². The fourth-order valence-corrected chi connectivity index (χ4v) is 3.78. The van der Waals surface area contributed by atoms with Gasteiger partial charge in [0.15, 0.2) is 6.04 Å². The van der Waals surface area contributed by atoms with Crippen molar-refractivity contribution < 1.29 is 9.28 Å². The summed E-state index contributed by atoms with van der Waals surface area (Å²) in [6.07, 6.45) is 1.87. The first-order valence-corrected chi connectivity index (χ1v) is 8.18. The lowest BCUT2D eigenvalue weighted by molar-refractivity contribution is -0.926. The highest BCUT2D eigenvalue weighted by Gasteiger charge is 2.47. The number of anilines is 1. The minimum Gasteiger partial charge on any atom is -0.321 e. The number of benzene rings is 1. The van der Waals surface area contributed by atoms with Gasteiger partial charge >= 0.3 is 0 Å². The van der Waals surface area contributed by atoms with E-state index in [0.717, 1.165) is 18.5 Å². The quantitative estimate of drug-likeness (QED) is 0.665. The molecule has 1 aromatic carbocycles. The van der Waals surface area contributed by atoms with E-state index >= 15 is 0 Å². The smallest absolute Gasteiger partial charge is 0.282 e. The van der Waals surface area contributed by atoms with Gasteiger partial charge in [-0.15, -0.1) is 23.2 Å². The van der Waals surface area contributed by atoms with Crippen molar-refractivity contribution in [1.82, 2.24) is 0 Å². The molecule has 1 fully saturated rings. The van der Waals surface area contributed by atoms with Gasteiger partial charge in [0.25, 0.3) is 5.91 Å². The number of halogens is 2. The molecule has 0 heterocycles. The molecule has 1 amide bonds. The molecule has 21 heavy (non-hydrogen) atoms. The molecule has 0 bridgehead atoms. The van der Waals surface area contributed by atoms with Crippen LogP contribution >= 0.6 is 23.2 Å². The number of hydrogen-bond acceptors (Lipinski definition) is 1. The summed E-state index contributed by atoms with van der Waals surface area (Å²) >= 11 is 12.7. The van der Waals surface area contributed by atoms with Crippen molar-refractivity contribution in [2.75, 3.05) is 19.4 Å². The predicted octanol–water partition coefficient (Wildman–Crippen LogP) is 3.47. The van der Waals surface area contributed by atoms with Gasteiger partial charge in [0.2, 0.25) is 0 Å². The molecule has 4 atom stereocenters. The van der Waals surface area contributed by atoms with Crippen molar-refractivity contribution in [3.8, 4) is 0 Å². The highest BCUT2D eigenvalue weighted by molar-refractivity contribution is 6.30. The molecule has 0 saturated heterocycles. The Kier molecular flexibility index (Phi) is 5.18. The van der Waals surface area contributed by atoms with Crippen molar-refractivity contribution in [3.05, 3.63) is 30.3 Å². The third-order valence-electron chi connectivity index (χ3n) is 4.73. The molecule has 5 heteroatoms. The van der Waals surface area contributed by atoms with E-state index in [1.54, 1.807) is 0 Å². The van der Waals surface area contributed by atoms with Crippen LogP contribution in [-0.2, 0) is 4.79 Å². The minimum atomic E-state index is -0.196. The van der Waals surface area contributed by atoms with Gasteiger partial charge in [0, 0.05) is 12.1 Å². The second-order valence-electron chi connectivity index (χ2n) is 6.27. The Balaban J connectivity index is 2.07. The lowest BCUT2D eigenvalue weighted by atomic mass is 10.1. The zero-order chi connectivity index (χ0) is 15.6. The van der Waals surface area contributed by atoms with E-state index in [0.29, 0.717) is 4.48 Å². The molecule has 1 N–H and O–H groups in total. The Morgan fingerprint density at radius 3 is 2.38 bits per heavy atom. The third kappa shape index (κ3) is 3.53. The average molecular weight is 330 g/mol. The van der Waals surface area contributed by atoms with Gasteiger partial charge in [-0.3, -0.25) is 4.79 Å². The third-order valence-corrected chi connectivity index (χ3v) is 5.94. The number of rotatable bonds is 4. The Labute approximate surface area is 136 Å². The molecule has 0 aliphatic heterocycles. The van der Waals surface area contributed by atoms with E-state index in [1.807, 2.05) is 37.3 Å². The second kappa shape index (κ2) is 6.55. The van der Waals surface area contributed by atoms with Crippen molar-refractivity contribution in [1.29, 1.82) is 0 Å². The Morgan fingerprint density at radius 1 is 1.24 bits per heavy atom. The molecular weight excluding hydrogens is 307 g/mol. The van der Waals surface area contributed by atoms with E-state index in [2.05, 4.69) is 19.4 Å². The zero-order valence-corrected chi connectivity index (χ0v) is 14.2. The zero-order valence-electron chi connectivity index (χ0n) is 12.7. The van der Waals surface area contributed by atoms with Crippen LogP contribution in [0.5, 0.6) is 0 Å². The summed E-state index contributed by atoms with van der Waals surface area (Å²) in [5.74, 6) is 0.00749. The summed E-state index contributed by atoms with van der Waals surface area (Å²) in [4.78, 5) is 12.5. The van der Waals surface area contributed by atoms with Crippen molar-refractivity contribution in [2.45, 2.75) is 42.6 Å². The van der Waals surface area contributed by atoms with Gasteiger partial charge in [-0.1, -0.05) is 18.2 Å². The number of quaternary nitrogens is 1. The lowest BCUT2D eigenvalue weighted by Gasteiger charge is -2.41. The summed E-state index contributed by atoms with van der Waals surface area (Å²) in [6, 6.07) is 9.52. The number of alkyl halides is 2. The van der Waals surface area contributed by atoms with E-state index in [9.17, 15) is 4.79 Å². The molecule has 0 radical (unpaired) electrons. The summed E-state index contributed by atoms with van der Waals surface area (Å²) in [7, 11) is 4.12. The number of hydrogen-bond donors (Lipinski definition) is 1. The normalized spacial score (nSPS) is 27.4. The van der Waals surface area contributed by atoms with Crippen molar-refractivity contribution in [3.63, 3.8) is 0 Å². The number of nitrogens with one attached hydrogen (secondary N) is 1. The lowest BCUT2D eigenvalue weighted by Crippen LogP contribution is -2.60. The maximum absolute atomic E-state index is 12.5. The first-order chi connectivity index (χ1) is 9.84. The highest BCUT2D eigenvalue weighted by Crippen LogP contribution is 2.36. The van der Waals surface area contributed by atoms with Crippen LogP contribution in [0.3, 0.4) is 0 Å². The van der Waals surface area contributed by atoms with Crippen LogP contribution in [0.25, 0.3) is 0 Å². The standard InChI is InChI=1S/C16H22Cl2N2O/c1-11(16(21)19-12-7-5-4-6-8-12)20(2,3)14-10-9-13(17)15(14)18/h4-8,11,13-15H,9-10H2,1-3H3/p+1/t11?,13?,14-,15-/m0/s1. The summed E-state index contributed by atoms with van der Waals surface area (Å²) in [5.41, 5.74) is 0.818. The molecule has 1 saturated carbocycles. The number of carbonyl (C=O) groups is 1. The first kappa shape index (κ1) is 16.6.